The number of amides is 1. The van der Waals surface area contributed by atoms with Crippen LogP contribution in [-0.2, 0) is 4.79 Å². The zero-order chi connectivity index (χ0) is 11.2. The molecule has 0 aliphatic rings. The van der Waals surface area contributed by atoms with Gasteiger partial charge in [-0.05, 0) is 6.42 Å². The second-order valence-electron chi connectivity index (χ2n) is 3.42. The van der Waals surface area contributed by atoms with Crippen LogP contribution in [0.4, 0.5) is 8.78 Å². The van der Waals surface area contributed by atoms with E-state index in [1.807, 2.05) is 6.92 Å². The van der Waals surface area contributed by atoms with Crippen molar-refractivity contribution in [3.8, 4) is 0 Å². The van der Waals surface area contributed by atoms with E-state index in [-0.39, 0.29) is 11.8 Å². The van der Waals surface area contributed by atoms with Crippen molar-refractivity contribution in [3.05, 3.63) is 0 Å². The van der Waals surface area contributed by atoms with Crippen molar-refractivity contribution in [2.24, 2.45) is 5.92 Å². The molecular formula is C9H17F2NO2. The van der Waals surface area contributed by atoms with Crippen LogP contribution in [-0.4, -0.2) is 30.1 Å². The van der Waals surface area contributed by atoms with Crippen LogP contribution in [0.15, 0.2) is 0 Å². The van der Waals surface area contributed by atoms with Gasteiger partial charge in [-0.2, -0.15) is 0 Å². The first-order valence-electron chi connectivity index (χ1n) is 4.69. The number of halogens is 2. The zero-order valence-electron chi connectivity index (χ0n) is 8.52. The monoisotopic (exact) mass is 209 g/mol. The fraction of sp³-hybridized carbons (Fsp3) is 0.889. The maximum absolute atomic E-state index is 12.5. The normalized spacial score (nSPS) is 13.8. The summed E-state index contributed by atoms with van der Waals surface area (Å²) in [6, 6.07) is 0. The molecule has 0 saturated carbocycles. The summed E-state index contributed by atoms with van der Waals surface area (Å²) < 4.78 is 25.0. The van der Waals surface area contributed by atoms with Gasteiger partial charge < -0.3 is 10.4 Å². The number of hydrogen-bond acceptors (Lipinski definition) is 2. The van der Waals surface area contributed by atoms with E-state index < -0.39 is 19.1 Å². The minimum absolute atomic E-state index is 0.255. The molecule has 0 aliphatic carbocycles. The molecule has 0 radical (unpaired) electrons. The van der Waals surface area contributed by atoms with Crippen molar-refractivity contribution in [1.29, 1.82) is 0 Å². The molecule has 1 atom stereocenters. The van der Waals surface area contributed by atoms with Gasteiger partial charge in [0.1, 0.15) is 6.61 Å². The van der Waals surface area contributed by atoms with E-state index in [0.717, 1.165) is 6.42 Å². The predicted molar refractivity (Wildman–Crippen MR) is 49.1 cm³/mol. The minimum atomic E-state index is -3.22. The molecule has 0 aliphatic heterocycles. The lowest BCUT2D eigenvalue weighted by Gasteiger charge is -2.16. The molecule has 0 spiro atoms. The largest absolute Gasteiger partial charge is 0.390 e. The van der Waals surface area contributed by atoms with Gasteiger partial charge in [0.05, 0.1) is 6.54 Å². The summed E-state index contributed by atoms with van der Waals surface area (Å²) in [4.78, 5) is 11.2. The summed E-state index contributed by atoms with van der Waals surface area (Å²) in [5.41, 5.74) is 0. The lowest BCUT2D eigenvalue weighted by Crippen LogP contribution is -2.41. The Morgan fingerprint density at radius 3 is 2.57 bits per heavy atom. The van der Waals surface area contributed by atoms with Crippen LogP contribution in [0.1, 0.15) is 26.7 Å². The Labute approximate surface area is 82.5 Å². The Morgan fingerprint density at radius 2 is 2.14 bits per heavy atom. The Morgan fingerprint density at radius 1 is 1.57 bits per heavy atom. The molecule has 14 heavy (non-hydrogen) atoms. The predicted octanol–water partition coefficient (Wildman–Crippen LogP) is 1.17. The van der Waals surface area contributed by atoms with Gasteiger partial charge in [-0.15, -0.1) is 0 Å². The third kappa shape index (κ3) is 5.11. The molecule has 3 nitrogen and oxygen atoms in total. The Bertz CT molecular complexity index is 186. The highest BCUT2D eigenvalue weighted by Crippen LogP contribution is 2.11. The summed E-state index contributed by atoms with van der Waals surface area (Å²) in [6.45, 7) is 1.58. The molecular weight excluding hydrogens is 192 g/mol. The van der Waals surface area contributed by atoms with Crippen LogP contribution in [0.3, 0.4) is 0 Å². The van der Waals surface area contributed by atoms with Gasteiger partial charge in [-0.1, -0.05) is 20.3 Å². The Hall–Kier alpha value is -0.710. The second kappa shape index (κ2) is 5.90. The average molecular weight is 209 g/mol. The topological polar surface area (TPSA) is 49.3 Å². The molecule has 0 aromatic heterocycles. The first-order valence-corrected chi connectivity index (χ1v) is 4.69. The van der Waals surface area contributed by atoms with E-state index >= 15 is 0 Å². The smallest absolute Gasteiger partial charge is 0.287 e. The minimum Gasteiger partial charge on any atom is -0.390 e. The third-order valence-electron chi connectivity index (χ3n) is 1.92. The lowest BCUT2D eigenvalue weighted by molar-refractivity contribution is -0.127. The van der Waals surface area contributed by atoms with Crippen LogP contribution in [0.2, 0.25) is 0 Å². The quantitative estimate of drug-likeness (QED) is 0.689. The van der Waals surface area contributed by atoms with Crippen molar-refractivity contribution in [2.75, 3.05) is 13.2 Å². The summed E-state index contributed by atoms with van der Waals surface area (Å²) in [6.07, 6.45) is 1.52. The van der Waals surface area contributed by atoms with Crippen LogP contribution < -0.4 is 5.32 Å². The standard InChI is InChI=1S/C9H17F2NO2/c1-3-4-7(2)8(14)12-5-9(10,11)6-13/h7,13H,3-6H2,1-2H3,(H,12,14). The van der Waals surface area contributed by atoms with E-state index in [4.69, 9.17) is 5.11 Å². The van der Waals surface area contributed by atoms with Crippen LogP contribution in [0.5, 0.6) is 0 Å². The van der Waals surface area contributed by atoms with Crippen molar-refractivity contribution in [3.63, 3.8) is 0 Å². The van der Waals surface area contributed by atoms with Gasteiger partial charge in [0, 0.05) is 5.92 Å². The molecule has 2 N–H and O–H groups in total. The van der Waals surface area contributed by atoms with E-state index in [1.165, 1.54) is 0 Å². The number of aliphatic hydroxyl groups is 1. The molecule has 0 fully saturated rings. The molecule has 0 heterocycles. The number of hydrogen-bond donors (Lipinski definition) is 2. The van der Waals surface area contributed by atoms with Gasteiger partial charge in [-0.25, -0.2) is 8.78 Å². The number of alkyl halides is 2. The summed E-state index contributed by atoms with van der Waals surface area (Å²) in [7, 11) is 0. The molecule has 1 unspecified atom stereocenters. The van der Waals surface area contributed by atoms with Crippen molar-refractivity contribution in [1.82, 2.24) is 5.32 Å². The molecule has 0 aromatic rings. The molecule has 84 valence electrons. The van der Waals surface area contributed by atoms with Gasteiger partial charge >= 0.3 is 0 Å². The van der Waals surface area contributed by atoms with Gasteiger partial charge in [0.25, 0.3) is 5.92 Å². The number of carbonyl (C=O) groups is 1. The summed E-state index contributed by atoms with van der Waals surface area (Å²) in [5.74, 6) is -3.86. The van der Waals surface area contributed by atoms with Crippen LogP contribution >= 0.6 is 0 Å². The van der Waals surface area contributed by atoms with Gasteiger partial charge in [0.15, 0.2) is 0 Å². The number of carbonyl (C=O) groups excluding carboxylic acids is 1. The third-order valence-corrected chi connectivity index (χ3v) is 1.92. The molecule has 0 bridgehead atoms. The van der Waals surface area contributed by atoms with E-state index in [2.05, 4.69) is 5.32 Å². The highest BCUT2D eigenvalue weighted by atomic mass is 19.3. The highest BCUT2D eigenvalue weighted by molar-refractivity contribution is 5.78. The fourth-order valence-corrected chi connectivity index (χ4v) is 1.01. The highest BCUT2D eigenvalue weighted by Gasteiger charge is 2.28. The van der Waals surface area contributed by atoms with Gasteiger partial charge in [0.2, 0.25) is 5.91 Å². The average Bonchev–Trinajstić information content (AvgIpc) is 2.15. The number of aliphatic hydroxyl groups excluding tert-OH is 1. The number of nitrogens with one attached hydrogen (secondary N) is 1. The number of rotatable bonds is 6. The SMILES string of the molecule is CCCC(C)C(=O)NCC(F)(F)CO. The Balaban J connectivity index is 3.84. The molecule has 0 saturated heterocycles. The first-order chi connectivity index (χ1) is 6.43. The van der Waals surface area contributed by atoms with Crippen molar-refractivity contribution < 1.29 is 18.7 Å². The van der Waals surface area contributed by atoms with Gasteiger partial charge in [-0.3, -0.25) is 4.79 Å². The maximum atomic E-state index is 12.5. The fourth-order valence-electron chi connectivity index (χ4n) is 1.01. The summed E-state index contributed by atoms with van der Waals surface area (Å²) in [5, 5.41) is 10.4. The molecule has 0 aromatic carbocycles. The van der Waals surface area contributed by atoms with E-state index in [9.17, 15) is 13.6 Å². The first kappa shape index (κ1) is 13.3. The maximum Gasteiger partial charge on any atom is 0.287 e. The second-order valence-corrected chi connectivity index (χ2v) is 3.42. The van der Waals surface area contributed by atoms with Crippen molar-refractivity contribution in [2.45, 2.75) is 32.6 Å². The Kier molecular flexibility index (Phi) is 5.60. The zero-order valence-corrected chi connectivity index (χ0v) is 8.52. The summed E-state index contributed by atoms with van der Waals surface area (Å²) >= 11 is 0. The molecule has 0 rings (SSSR count). The van der Waals surface area contributed by atoms with E-state index in [0.29, 0.717) is 6.42 Å². The van der Waals surface area contributed by atoms with Crippen molar-refractivity contribution >= 4 is 5.91 Å². The van der Waals surface area contributed by atoms with Crippen LogP contribution in [0, 0.1) is 5.92 Å². The van der Waals surface area contributed by atoms with E-state index in [1.54, 1.807) is 6.92 Å². The van der Waals surface area contributed by atoms with Crippen LogP contribution in [0.25, 0.3) is 0 Å². The molecule has 1 amide bonds. The molecule has 5 heteroatoms. The lowest BCUT2D eigenvalue weighted by atomic mass is 10.1.